The van der Waals surface area contributed by atoms with Crippen LogP contribution in [-0.4, -0.2) is 29.9 Å². The molecule has 0 aromatic heterocycles. The van der Waals surface area contributed by atoms with Crippen molar-refractivity contribution in [1.29, 1.82) is 0 Å². The second-order valence-electron chi connectivity index (χ2n) is 5.68. The number of carbonyl (C=O) groups excluding carboxylic acids is 1. The highest BCUT2D eigenvalue weighted by atomic mass is 16.2. The predicted molar refractivity (Wildman–Crippen MR) is 71.6 cm³/mol. The molecular weight excluding hydrogens is 212 g/mol. The number of unbranched alkanes of at least 4 members (excludes halogenated alkanes) is 1. The molecule has 1 atom stereocenters. The van der Waals surface area contributed by atoms with Crippen LogP contribution >= 0.6 is 0 Å². The Morgan fingerprint density at radius 1 is 1.41 bits per heavy atom. The van der Waals surface area contributed by atoms with Gasteiger partial charge in [0.15, 0.2) is 0 Å². The summed E-state index contributed by atoms with van der Waals surface area (Å²) in [5, 5.41) is 0. The third-order valence-corrected chi connectivity index (χ3v) is 3.41. The van der Waals surface area contributed by atoms with Crippen LogP contribution in [0.4, 0.5) is 0 Å². The van der Waals surface area contributed by atoms with Crippen molar-refractivity contribution in [2.75, 3.05) is 13.1 Å². The molecule has 3 heteroatoms. The van der Waals surface area contributed by atoms with E-state index < -0.39 is 0 Å². The van der Waals surface area contributed by atoms with Gasteiger partial charge in [0.05, 0.1) is 5.92 Å². The number of carbonyl (C=O) groups is 1. The molecule has 2 N–H and O–H groups in total. The maximum Gasteiger partial charge on any atom is 0.227 e. The number of amides is 1. The van der Waals surface area contributed by atoms with Gasteiger partial charge in [0.1, 0.15) is 0 Å². The lowest BCUT2D eigenvalue weighted by Gasteiger charge is -2.27. The van der Waals surface area contributed by atoms with Gasteiger partial charge >= 0.3 is 0 Å². The molecule has 1 amide bonds. The van der Waals surface area contributed by atoms with Gasteiger partial charge in [-0.15, -0.1) is 0 Å². The van der Waals surface area contributed by atoms with Gasteiger partial charge < -0.3 is 10.6 Å². The Balaban J connectivity index is 2.54. The minimum Gasteiger partial charge on any atom is -0.339 e. The SMILES string of the molecule is CCCCN(C(=O)C(CN)CC(C)C)C1CC1. The molecule has 0 aromatic rings. The highest BCUT2D eigenvalue weighted by Gasteiger charge is 2.34. The lowest BCUT2D eigenvalue weighted by Crippen LogP contribution is -2.41. The van der Waals surface area contributed by atoms with Crippen LogP contribution in [0.3, 0.4) is 0 Å². The summed E-state index contributed by atoms with van der Waals surface area (Å²) in [4.78, 5) is 14.5. The Kier molecular flexibility index (Phi) is 5.96. The smallest absolute Gasteiger partial charge is 0.227 e. The van der Waals surface area contributed by atoms with Crippen LogP contribution in [0.1, 0.15) is 52.9 Å². The molecule has 0 saturated heterocycles. The van der Waals surface area contributed by atoms with E-state index in [0.29, 0.717) is 24.4 Å². The summed E-state index contributed by atoms with van der Waals surface area (Å²) in [7, 11) is 0. The molecule has 0 spiro atoms. The fraction of sp³-hybridized carbons (Fsp3) is 0.929. The van der Waals surface area contributed by atoms with Crippen molar-refractivity contribution in [3.8, 4) is 0 Å². The van der Waals surface area contributed by atoms with Crippen LogP contribution in [0, 0.1) is 11.8 Å². The summed E-state index contributed by atoms with van der Waals surface area (Å²) in [6.07, 6.45) is 5.56. The Bertz CT molecular complexity index is 236. The minimum atomic E-state index is 0.0347. The molecule has 1 aliphatic carbocycles. The first kappa shape index (κ1) is 14.5. The summed E-state index contributed by atoms with van der Waals surface area (Å²) < 4.78 is 0. The van der Waals surface area contributed by atoms with Crippen molar-refractivity contribution in [3.05, 3.63) is 0 Å². The standard InChI is InChI=1S/C14H28N2O/c1-4-5-8-16(13-6-7-13)14(17)12(10-15)9-11(2)3/h11-13H,4-10,15H2,1-3H3. The van der Waals surface area contributed by atoms with E-state index in [9.17, 15) is 4.79 Å². The van der Waals surface area contributed by atoms with Gasteiger partial charge in [0.25, 0.3) is 0 Å². The van der Waals surface area contributed by atoms with Crippen LogP contribution in [0.25, 0.3) is 0 Å². The van der Waals surface area contributed by atoms with Crippen molar-refractivity contribution < 1.29 is 4.79 Å². The van der Waals surface area contributed by atoms with Crippen LogP contribution in [0.15, 0.2) is 0 Å². The monoisotopic (exact) mass is 240 g/mol. The van der Waals surface area contributed by atoms with Gasteiger partial charge in [0, 0.05) is 19.1 Å². The Morgan fingerprint density at radius 2 is 2.06 bits per heavy atom. The number of nitrogens with zero attached hydrogens (tertiary/aromatic N) is 1. The summed E-state index contributed by atoms with van der Waals surface area (Å²) in [6, 6.07) is 0.523. The quantitative estimate of drug-likeness (QED) is 0.708. The minimum absolute atomic E-state index is 0.0347. The average Bonchev–Trinajstić information content (AvgIpc) is 3.10. The average molecular weight is 240 g/mol. The molecule has 3 nitrogen and oxygen atoms in total. The second-order valence-corrected chi connectivity index (χ2v) is 5.68. The topological polar surface area (TPSA) is 46.3 Å². The molecule has 17 heavy (non-hydrogen) atoms. The van der Waals surface area contributed by atoms with E-state index >= 15 is 0 Å². The number of nitrogens with two attached hydrogens (primary N) is 1. The lowest BCUT2D eigenvalue weighted by molar-refractivity contribution is -0.136. The zero-order valence-corrected chi connectivity index (χ0v) is 11.6. The first-order valence-corrected chi connectivity index (χ1v) is 7.10. The van der Waals surface area contributed by atoms with E-state index in [4.69, 9.17) is 5.73 Å². The van der Waals surface area contributed by atoms with E-state index in [1.165, 1.54) is 12.8 Å². The molecule has 1 saturated carbocycles. The maximum absolute atomic E-state index is 12.4. The van der Waals surface area contributed by atoms with Gasteiger partial charge in [-0.1, -0.05) is 27.2 Å². The molecule has 1 unspecified atom stereocenters. The van der Waals surface area contributed by atoms with Gasteiger partial charge in [-0.3, -0.25) is 4.79 Å². The molecule has 0 aliphatic heterocycles. The first-order valence-electron chi connectivity index (χ1n) is 7.10. The summed E-state index contributed by atoms with van der Waals surface area (Å²) in [6.45, 7) is 7.90. The van der Waals surface area contributed by atoms with E-state index in [1.807, 2.05) is 0 Å². The van der Waals surface area contributed by atoms with Crippen molar-refractivity contribution in [2.45, 2.75) is 58.9 Å². The Labute approximate surface area is 106 Å². The molecule has 1 rings (SSSR count). The number of hydrogen-bond acceptors (Lipinski definition) is 2. The third-order valence-electron chi connectivity index (χ3n) is 3.41. The van der Waals surface area contributed by atoms with Crippen LogP contribution in [0.2, 0.25) is 0 Å². The van der Waals surface area contributed by atoms with E-state index in [0.717, 1.165) is 25.8 Å². The zero-order valence-electron chi connectivity index (χ0n) is 11.6. The summed E-state index contributed by atoms with van der Waals surface area (Å²) in [5.74, 6) is 0.879. The Hall–Kier alpha value is -0.570. The van der Waals surface area contributed by atoms with Gasteiger partial charge in [-0.25, -0.2) is 0 Å². The highest BCUT2D eigenvalue weighted by Crippen LogP contribution is 2.29. The normalized spacial score (nSPS) is 17.2. The number of hydrogen-bond donors (Lipinski definition) is 1. The molecule has 0 radical (unpaired) electrons. The first-order chi connectivity index (χ1) is 8.10. The van der Waals surface area contributed by atoms with E-state index in [2.05, 4.69) is 25.7 Å². The van der Waals surface area contributed by atoms with Gasteiger partial charge in [0.2, 0.25) is 5.91 Å². The van der Waals surface area contributed by atoms with Gasteiger partial charge in [-0.2, -0.15) is 0 Å². The lowest BCUT2D eigenvalue weighted by atomic mass is 9.95. The van der Waals surface area contributed by atoms with Crippen molar-refractivity contribution in [2.24, 2.45) is 17.6 Å². The van der Waals surface area contributed by atoms with Gasteiger partial charge in [-0.05, 0) is 31.6 Å². The fourth-order valence-electron chi connectivity index (χ4n) is 2.29. The third kappa shape index (κ3) is 4.66. The molecule has 100 valence electrons. The molecule has 0 aromatic carbocycles. The molecule has 0 bridgehead atoms. The Morgan fingerprint density at radius 3 is 2.47 bits per heavy atom. The summed E-state index contributed by atoms with van der Waals surface area (Å²) >= 11 is 0. The fourth-order valence-corrected chi connectivity index (χ4v) is 2.29. The van der Waals surface area contributed by atoms with Crippen LogP contribution in [0.5, 0.6) is 0 Å². The zero-order chi connectivity index (χ0) is 12.8. The largest absolute Gasteiger partial charge is 0.339 e. The maximum atomic E-state index is 12.4. The molecule has 1 aliphatic rings. The van der Waals surface area contributed by atoms with Crippen molar-refractivity contribution in [1.82, 2.24) is 4.90 Å². The number of rotatable bonds is 8. The second kappa shape index (κ2) is 7.00. The molecule has 0 heterocycles. The van der Waals surface area contributed by atoms with Crippen LogP contribution < -0.4 is 5.73 Å². The molecular formula is C14H28N2O. The van der Waals surface area contributed by atoms with E-state index in [1.54, 1.807) is 0 Å². The summed E-state index contributed by atoms with van der Waals surface area (Å²) in [5.41, 5.74) is 5.76. The molecule has 1 fully saturated rings. The van der Waals surface area contributed by atoms with E-state index in [-0.39, 0.29) is 5.92 Å². The van der Waals surface area contributed by atoms with Crippen molar-refractivity contribution in [3.63, 3.8) is 0 Å². The highest BCUT2D eigenvalue weighted by molar-refractivity contribution is 5.79. The van der Waals surface area contributed by atoms with Crippen LogP contribution in [-0.2, 0) is 4.79 Å². The van der Waals surface area contributed by atoms with Crippen molar-refractivity contribution >= 4 is 5.91 Å². The predicted octanol–water partition coefficient (Wildman–Crippen LogP) is 2.40.